The minimum Gasteiger partial charge on any atom is -0.349 e. The Morgan fingerprint density at radius 2 is 2.35 bits per heavy atom. The third-order valence-corrected chi connectivity index (χ3v) is 3.45. The van der Waals surface area contributed by atoms with Crippen molar-refractivity contribution in [3.63, 3.8) is 0 Å². The fourth-order valence-electron chi connectivity index (χ4n) is 2.29. The summed E-state index contributed by atoms with van der Waals surface area (Å²) in [6.45, 7) is 2.35. The van der Waals surface area contributed by atoms with Crippen LogP contribution >= 0.6 is 0 Å². The molecule has 1 fully saturated rings. The Bertz CT molecular complexity index is 559. The van der Waals surface area contributed by atoms with E-state index in [-0.39, 0.29) is 24.1 Å². The summed E-state index contributed by atoms with van der Waals surface area (Å²) in [5.41, 5.74) is 5.86. The standard InChI is InChI=1S/C16H19FN2O/c1-2-4-12-10-15(12)19-16(20)13-7-6-11(5-3-8-18)9-14(13)17/h6-7,9,12,15H,2,4,8,10,18H2,1H3,(H,19,20). The van der Waals surface area contributed by atoms with Crippen molar-refractivity contribution in [3.8, 4) is 11.8 Å². The molecule has 1 saturated carbocycles. The average molecular weight is 274 g/mol. The summed E-state index contributed by atoms with van der Waals surface area (Å²) in [5, 5.41) is 2.87. The second-order valence-electron chi connectivity index (χ2n) is 5.06. The zero-order valence-electron chi connectivity index (χ0n) is 11.6. The van der Waals surface area contributed by atoms with Crippen molar-refractivity contribution >= 4 is 5.91 Å². The normalized spacial score (nSPS) is 19.9. The van der Waals surface area contributed by atoms with Crippen LogP contribution in [-0.4, -0.2) is 18.5 Å². The van der Waals surface area contributed by atoms with Crippen molar-refractivity contribution in [2.75, 3.05) is 6.54 Å². The molecule has 2 rings (SSSR count). The van der Waals surface area contributed by atoms with Crippen molar-refractivity contribution < 1.29 is 9.18 Å². The van der Waals surface area contributed by atoms with E-state index in [1.54, 1.807) is 6.07 Å². The second-order valence-corrected chi connectivity index (χ2v) is 5.06. The van der Waals surface area contributed by atoms with Gasteiger partial charge in [0.05, 0.1) is 12.1 Å². The molecule has 20 heavy (non-hydrogen) atoms. The predicted octanol–water partition coefficient (Wildman–Crippen LogP) is 2.05. The van der Waals surface area contributed by atoms with E-state index in [1.807, 2.05) is 0 Å². The molecule has 4 heteroatoms. The zero-order valence-corrected chi connectivity index (χ0v) is 11.6. The van der Waals surface area contributed by atoms with Gasteiger partial charge in [0.2, 0.25) is 0 Å². The van der Waals surface area contributed by atoms with Crippen molar-refractivity contribution in [1.82, 2.24) is 5.32 Å². The van der Waals surface area contributed by atoms with Crippen LogP contribution in [0.2, 0.25) is 0 Å². The van der Waals surface area contributed by atoms with Gasteiger partial charge in [0, 0.05) is 11.6 Å². The van der Waals surface area contributed by atoms with Crippen LogP contribution < -0.4 is 11.1 Å². The first-order chi connectivity index (χ1) is 9.65. The monoisotopic (exact) mass is 274 g/mol. The molecule has 2 atom stereocenters. The van der Waals surface area contributed by atoms with Crippen LogP contribution in [0.5, 0.6) is 0 Å². The fraction of sp³-hybridized carbons (Fsp3) is 0.438. The Balaban J connectivity index is 2.00. The van der Waals surface area contributed by atoms with Crippen LogP contribution in [0.25, 0.3) is 0 Å². The van der Waals surface area contributed by atoms with Gasteiger partial charge in [-0.05, 0) is 37.0 Å². The molecule has 2 unspecified atom stereocenters. The number of amides is 1. The molecule has 0 aromatic heterocycles. The van der Waals surface area contributed by atoms with Gasteiger partial charge < -0.3 is 11.1 Å². The number of hydrogen-bond acceptors (Lipinski definition) is 2. The number of carbonyl (C=O) groups excluding carboxylic acids is 1. The van der Waals surface area contributed by atoms with E-state index in [0.29, 0.717) is 11.5 Å². The van der Waals surface area contributed by atoms with Gasteiger partial charge in [0.15, 0.2) is 0 Å². The lowest BCUT2D eigenvalue weighted by Crippen LogP contribution is -2.27. The molecule has 0 radical (unpaired) electrons. The van der Waals surface area contributed by atoms with E-state index >= 15 is 0 Å². The van der Waals surface area contributed by atoms with E-state index in [9.17, 15) is 9.18 Å². The summed E-state index contributed by atoms with van der Waals surface area (Å²) in [6, 6.07) is 4.59. The Hall–Kier alpha value is -1.86. The summed E-state index contributed by atoms with van der Waals surface area (Å²) < 4.78 is 13.9. The molecular formula is C16H19FN2O. The van der Waals surface area contributed by atoms with E-state index < -0.39 is 5.82 Å². The molecule has 0 aliphatic heterocycles. The largest absolute Gasteiger partial charge is 0.349 e. The number of halogens is 1. The topological polar surface area (TPSA) is 55.1 Å². The quantitative estimate of drug-likeness (QED) is 0.826. The van der Waals surface area contributed by atoms with Crippen LogP contribution in [-0.2, 0) is 0 Å². The molecule has 3 nitrogen and oxygen atoms in total. The summed E-state index contributed by atoms with van der Waals surface area (Å²) in [7, 11) is 0. The van der Waals surface area contributed by atoms with E-state index in [1.165, 1.54) is 12.1 Å². The minimum atomic E-state index is -0.543. The van der Waals surface area contributed by atoms with Gasteiger partial charge in [0.25, 0.3) is 5.91 Å². The SMILES string of the molecule is CCCC1CC1NC(=O)c1ccc(C#CCN)cc1F. The molecule has 1 aromatic carbocycles. The lowest BCUT2D eigenvalue weighted by molar-refractivity contribution is 0.0945. The highest BCUT2D eigenvalue weighted by atomic mass is 19.1. The van der Waals surface area contributed by atoms with Crippen molar-refractivity contribution in [1.29, 1.82) is 0 Å². The first-order valence-corrected chi connectivity index (χ1v) is 6.95. The zero-order chi connectivity index (χ0) is 14.5. The lowest BCUT2D eigenvalue weighted by atomic mass is 10.1. The van der Waals surface area contributed by atoms with E-state index in [2.05, 4.69) is 24.1 Å². The van der Waals surface area contributed by atoms with Crippen LogP contribution in [0.1, 0.15) is 42.1 Å². The fourth-order valence-corrected chi connectivity index (χ4v) is 2.29. The molecule has 106 valence electrons. The second kappa shape index (κ2) is 6.53. The van der Waals surface area contributed by atoms with Gasteiger partial charge in [0.1, 0.15) is 5.82 Å². The Morgan fingerprint density at radius 3 is 3.00 bits per heavy atom. The molecule has 1 aromatic rings. The third kappa shape index (κ3) is 3.58. The summed E-state index contributed by atoms with van der Waals surface area (Å²) in [4.78, 5) is 12.0. The summed E-state index contributed by atoms with van der Waals surface area (Å²) >= 11 is 0. The van der Waals surface area contributed by atoms with Crippen molar-refractivity contribution in [2.45, 2.75) is 32.2 Å². The minimum absolute atomic E-state index is 0.0745. The summed E-state index contributed by atoms with van der Waals surface area (Å²) in [6.07, 6.45) is 3.22. The Morgan fingerprint density at radius 1 is 1.55 bits per heavy atom. The Kier molecular flexibility index (Phi) is 4.75. The highest BCUT2D eigenvalue weighted by Crippen LogP contribution is 2.34. The van der Waals surface area contributed by atoms with E-state index in [4.69, 9.17) is 5.73 Å². The van der Waals surface area contributed by atoms with E-state index in [0.717, 1.165) is 19.3 Å². The number of hydrogen-bond donors (Lipinski definition) is 2. The number of carbonyl (C=O) groups is 1. The molecule has 3 N–H and O–H groups in total. The molecular weight excluding hydrogens is 255 g/mol. The molecule has 1 amide bonds. The number of rotatable bonds is 4. The van der Waals surface area contributed by atoms with Crippen LogP contribution in [0.4, 0.5) is 4.39 Å². The van der Waals surface area contributed by atoms with Crippen LogP contribution in [0, 0.1) is 23.6 Å². The Labute approximate surface area is 118 Å². The van der Waals surface area contributed by atoms with Gasteiger partial charge >= 0.3 is 0 Å². The maximum absolute atomic E-state index is 13.9. The smallest absolute Gasteiger partial charge is 0.254 e. The van der Waals surface area contributed by atoms with Crippen molar-refractivity contribution in [2.24, 2.45) is 11.7 Å². The molecule has 0 saturated heterocycles. The number of nitrogens with one attached hydrogen (secondary N) is 1. The van der Waals surface area contributed by atoms with Gasteiger partial charge in [-0.3, -0.25) is 4.79 Å². The number of nitrogens with two attached hydrogens (primary N) is 1. The molecule has 0 bridgehead atoms. The van der Waals surface area contributed by atoms with Crippen LogP contribution in [0.3, 0.4) is 0 Å². The first kappa shape index (κ1) is 14.5. The lowest BCUT2D eigenvalue weighted by Gasteiger charge is -2.06. The van der Waals surface area contributed by atoms with Crippen molar-refractivity contribution in [3.05, 3.63) is 35.1 Å². The summed E-state index contributed by atoms with van der Waals surface area (Å²) in [5.74, 6) is 5.07. The van der Waals surface area contributed by atoms with Gasteiger partial charge in [-0.1, -0.05) is 25.2 Å². The van der Waals surface area contributed by atoms with Gasteiger partial charge in [-0.15, -0.1) is 0 Å². The number of benzene rings is 1. The maximum Gasteiger partial charge on any atom is 0.254 e. The predicted molar refractivity (Wildman–Crippen MR) is 76.6 cm³/mol. The molecule has 1 aliphatic rings. The molecule has 0 heterocycles. The third-order valence-electron chi connectivity index (χ3n) is 3.45. The maximum atomic E-state index is 13.9. The molecule has 0 spiro atoms. The molecule has 1 aliphatic carbocycles. The highest BCUT2D eigenvalue weighted by molar-refractivity contribution is 5.95. The highest BCUT2D eigenvalue weighted by Gasteiger charge is 2.37. The average Bonchev–Trinajstić information content (AvgIpc) is 3.14. The van der Waals surface area contributed by atoms with Gasteiger partial charge in [-0.25, -0.2) is 4.39 Å². The first-order valence-electron chi connectivity index (χ1n) is 6.95. The van der Waals surface area contributed by atoms with Gasteiger partial charge in [-0.2, -0.15) is 0 Å². The van der Waals surface area contributed by atoms with Crippen LogP contribution in [0.15, 0.2) is 18.2 Å².